The topological polar surface area (TPSA) is 113 Å². The van der Waals surface area contributed by atoms with Crippen molar-refractivity contribution in [2.24, 2.45) is 5.73 Å². The predicted octanol–water partition coefficient (Wildman–Crippen LogP) is 3.23. The molecule has 3 rings (SSSR count). The second kappa shape index (κ2) is 12.6. The largest absolute Gasteiger partial charge is 0.486 e. The molecule has 2 atom stereocenters. The van der Waals surface area contributed by atoms with E-state index in [1.165, 1.54) is 31.5 Å². The third kappa shape index (κ3) is 8.24. The normalized spacial score (nSPS) is 17.0. The van der Waals surface area contributed by atoms with Gasteiger partial charge in [0.25, 0.3) is 11.8 Å². The molecule has 1 aliphatic heterocycles. The van der Waals surface area contributed by atoms with Crippen LogP contribution >= 0.6 is 0 Å². The summed E-state index contributed by atoms with van der Waals surface area (Å²) in [5, 5.41) is 2.69. The van der Waals surface area contributed by atoms with Crippen LogP contribution in [0.3, 0.4) is 0 Å². The van der Waals surface area contributed by atoms with Crippen LogP contribution < -0.4 is 15.8 Å². The number of nitrogens with zero attached hydrogens (tertiary/aromatic N) is 1. The molecule has 0 aliphatic carbocycles. The van der Waals surface area contributed by atoms with Crippen LogP contribution in [-0.4, -0.2) is 49.3 Å². The Balaban J connectivity index is 0.000000238. The first kappa shape index (κ1) is 25.9. The van der Waals surface area contributed by atoms with Gasteiger partial charge in [-0.3, -0.25) is 14.6 Å². The van der Waals surface area contributed by atoms with E-state index in [4.69, 9.17) is 19.9 Å². The van der Waals surface area contributed by atoms with E-state index in [2.05, 4.69) is 16.9 Å². The molecule has 2 amide bonds. The van der Waals surface area contributed by atoms with E-state index < -0.39 is 23.6 Å². The molecule has 10 heteroatoms. The van der Waals surface area contributed by atoms with Gasteiger partial charge in [0.15, 0.2) is 11.6 Å². The maximum Gasteiger partial charge on any atom is 0.267 e. The molecule has 1 fully saturated rings. The van der Waals surface area contributed by atoms with Crippen LogP contribution in [0.4, 0.5) is 14.5 Å². The lowest BCUT2D eigenvalue weighted by Gasteiger charge is -2.11. The highest BCUT2D eigenvalue weighted by atomic mass is 19.2. The lowest BCUT2D eigenvalue weighted by Crippen LogP contribution is -2.28. The Kier molecular flexibility index (Phi) is 9.89. The van der Waals surface area contributed by atoms with Gasteiger partial charge in [0.05, 0.1) is 12.7 Å². The van der Waals surface area contributed by atoms with Crippen LogP contribution in [0.2, 0.25) is 0 Å². The highest BCUT2D eigenvalue weighted by Gasteiger charge is 2.28. The number of aromatic nitrogens is 1. The molecule has 0 bridgehead atoms. The van der Waals surface area contributed by atoms with E-state index in [0.29, 0.717) is 24.3 Å². The Morgan fingerprint density at radius 3 is 2.67 bits per heavy atom. The number of anilines is 1. The molecule has 2 heterocycles. The quantitative estimate of drug-likeness (QED) is 0.582. The Hall–Kier alpha value is -3.37. The van der Waals surface area contributed by atoms with Crippen LogP contribution in [0, 0.1) is 11.6 Å². The van der Waals surface area contributed by atoms with E-state index in [1.54, 1.807) is 6.07 Å². The molecule has 1 aromatic carbocycles. The number of rotatable bonds is 8. The number of amides is 2. The zero-order valence-corrected chi connectivity index (χ0v) is 18.5. The van der Waals surface area contributed by atoms with Gasteiger partial charge in [0, 0.05) is 19.0 Å². The van der Waals surface area contributed by atoms with E-state index in [1.807, 2.05) is 6.92 Å². The molecule has 178 valence electrons. The number of nitrogens with two attached hydrogens (primary N) is 1. The smallest absolute Gasteiger partial charge is 0.267 e. The van der Waals surface area contributed by atoms with Gasteiger partial charge in [-0.15, -0.1) is 0 Å². The second-order valence-corrected chi connectivity index (χ2v) is 7.32. The standard InChI is InChI=1S/C12H15N3O3.C11H12F2O2/c1-7-2-3-10(18-7)12(17)15-8-4-5-14-9(6-8)11(13)16;1-8(6-14-2)7-15-10-5-3-4-9(12)11(10)13/h4-7,10H,2-3H2,1H3,(H2,13,16)(H,14,15,17);3-5H,1,6-7H2,2H3. The van der Waals surface area contributed by atoms with Crippen molar-refractivity contribution < 1.29 is 32.6 Å². The second-order valence-electron chi connectivity index (χ2n) is 7.32. The van der Waals surface area contributed by atoms with Crippen molar-refractivity contribution in [3.8, 4) is 5.75 Å². The molecule has 0 saturated carbocycles. The van der Waals surface area contributed by atoms with Crippen LogP contribution in [0.1, 0.15) is 30.3 Å². The lowest BCUT2D eigenvalue weighted by atomic mass is 10.2. The molecule has 8 nitrogen and oxygen atoms in total. The molecule has 1 saturated heterocycles. The Labute approximate surface area is 190 Å². The molecule has 0 radical (unpaired) electrons. The molecular weight excluding hydrogens is 436 g/mol. The molecule has 1 aliphatic rings. The number of nitrogens with one attached hydrogen (secondary N) is 1. The van der Waals surface area contributed by atoms with Crippen molar-refractivity contribution in [2.75, 3.05) is 25.6 Å². The van der Waals surface area contributed by atoms with Crippen molar-refractivity contribution in [2.45, 2.75) is 32.0 Å². The van der Waals surface area contributed by atoms with Crippen molar-refractivity contribution in [1.29, 1.82) is 0 Å². The number of halogens is 2. The maximum absolute atomic E-state index is 13.1. The van der Waals surface area contributed by atoms with Gasteiger partial charge in [-0.1, -0.05) is 12.6 Å². The third-order valence-corrected chi connectivity index (χ3v) is 4.50. The Morgan fingerprint density at radius 2 is 2.03 bits per heavy atom. The van der Waals surface area contributed by atoms with Crippen LogP contribution in [0.25, 0.3) is 0 Å². The molecule has 0 spiro atoms. The molecule has 1 aromatic heterocycles. The van der Waals surface area contributed by atoms with Gasteiger partial charge >= 0.3 is 0 Å². The summed E-state index contributed by atoms with van der Waals surface area (Å²) >= 11 is 0. The summed E-state index contributed by atoms with van der Waals surface area (Å²) in [6.45, 7) is 6.02. The summed E-state index contributed by atoms with van der Waals surface area (Å²) in [4.78, 5) is 26.6. The highest BCUT2D eigenvalue weighted by molar-refractivity contribution is 5.96. The average Bonchev–Trinajstić information content (AvgIpc) is 3.22. The summed E-state index contributed by atoms with van der Waals surface area (Å²) in [7, 11) is 1.52. The summed E-state index contributed by atoms with van der Waals surface area (Å²) in [6, 6.07) is 6.82. The van der Waals surface area contributed by atoms with E-state index in [0.717, 1.165) is 12.5 Å². The number of primary amides is 1. The van der Waals surface area contributed by atoms with Gasteiger partial charge in [0.2, 0.25) is 5.82 Å². The minimum Gasteiger partial charge on any atom is -0.486 e. The first-order chi connectivity index (χ1) is 15.7. The molecule has 33 heavy (non-hydrogen) atoms. The van der Waals surface area contributed by atoms with Gasteiger partial charge in [-0.05, 0) is 49.6 Å². The first-order valence-electron chi connectivity index (χ1n) is 10.2. The predicted molar refractivity (Wildman–Crippen MR) is 118 cm³/mol. The minimum absolute atomic E-state index is 0.105. The van der Waals surface area contributed by atoms with Gasteiger partial charge in [-0.2, -0.15) is 4.39 Å². The molecular formula is C23H27F2N3O5. The zero-order valence-electron chi connectivity index (χ0n) is 18.5. The summed E-state index contributed by atoms with van der Waals surface area (Å²) in [6.07, 6.45) is 2.69. The summed E-state index contributed by atoms with van der Waals surface area (Å²) < 4.78 is 41.1. The number of benzene rings is 1. The van der Waals surface area contributed by atoms with Crippen molar-refractivity contribution >= 4 is 17.5 Å². The molecule has 2 aromatic rings. The fourth-order valence-electron chi connectivity index (χ4n) is 2.88. The summed E-state index contributed by atoms with van der Waals surface area (Å²) in [5.41, 5.74) is 6.38. The van der Waals surface area contributed by atoms with Crippen LogP contribution in [-0.2, 0) is 14.3 Å². The summed E-state index contributed by atoms with van der Waals surface area (Å²) in [5.74, 6) is -2.86. The first-order valence-corrected chi connectivity index (χ1v) is 10.2. The minimum atomic E-state index is -0.984. The zero-order chi connectivity index (χ0) is 24.4. The van der Waals surface area contributed by atoms with Gasteiger partial charge in [-0.25, -0.2) is 4.39 Å². The Morgan fingerprint density at radius 1 is 1.27 bits per heavy atom. The van der Waals surface area contributed by atoms with Gasteiger partial charge < -0.3 is 25.3 Å². The number of carbonyl (C=O) groups is 2. The average molecular weight is 463 g/mol. The van der Waals surface area contributed by atoms with E-state index in [9.17, 15) is 18.4 Å². The highest BCUT2D eigenvalue weighted by Crippen LogP contribution is 2.21. The lowest BCUT2D eigenvalue weighted by molar-refractivity contribution is -0.126. The number of ether oxygens (including phenoxy) is 3. The fourth-order valence-corrected chi connectivity index (χ4v) is 2.88. The van der Waals surface area contributed by atoms with Crippen molar-refractivity contribution in [1.82, 2.24) is 4.98 Å². The van der Waals surface area contributed by atoms with Crippen LogP contribution in [0.15, 0.2) is 48.7 Å². The number of pyridine rings is 1. The third-order valence-electron chi connectivity index (χ3n) is 4.50. The number of carbonyl (C=O) groups excluding carboxylic acids is 2. The van der Waals surface area contributed by atoms with Crippen molar-refractivity contribution in [3.05, 3.63) is 66.0 Å². The monoisotopic (exact) mass is 463 g/mol. The number of methoxy groups -OCH3 is 1. The fraction of sp³-hybridized carbons (Fsp3) is 0.348. The van der Waals surface area contributed by atoms with Crippen molar-refractivity contribution in [3.63, 3.8) is 0 Å². The number of hydrogen-bond acceptors (Lipinski definition) is 6. The Bertz CT molecular complexity index is 986. The SMILES string of the molecule is C=C(COC)COc1cccc(F)c1F.CC1CCC(C(=O)Nc2ccnc(C(N)=O)c2)O1. The number of hydrogen-bond donors (Lipinski definition) is 2. The molecule has 2 unspecified atom stereocenters. The van der Waals surface area contributed by atoms with Gasteiger partial charge in [0.1, 0.15) is 18.4 Å². The van der Waals surface area contributed by atoms with E-state index >= 15 is 0 Å². The van der Waals surface area contributed by atoms with Crippen LogP contribution in [0.5, 0.6) is 5.75 Å². The molecule has 3 N–H and O–H groups in total. The van der Waals surface area contributed by atoms with E-state index in [-0.39, 0.29) is 30.1 Å². The maximum atomic E-state index is 13.1.